The van der Waals surface area contributed by atoms with Crippen molar-refractivity contribution >= 4 is 68.1 Å². The first kappa shape index (κ1) is 28.7. The normalized spacial score (nSPS) is 14.2. The molecule has 1 N–H and O–H groups in total. The average Bonchev–Trinajstić information content (AvgIpc) is 3.13. The molecule has 0 bridgehead atoms. The number of anilines is 1. The standard InChI is InChI=1S/C29H26BrClN2O5S/c1-16-9-17(2)26(18(3)10-16)32-25(34)14-33-28(35)24(39-29(33)36)13-20-11-22(30)27(23(12-20)37-4)38-15-19-5-7-21(31)8-6-19/h5-13H,14-15H2,1-4H3,(H,32,34)/b24-13+. The van der Waals surface area contributed by atoms with E-state index in [1.165, 1.54) is 7.11 Å². The quantitative estimate of drug-likeness (QED) is 0.264. The van der Waals surface area contributed by atoms with E-state index in [4.69, 9.17) is 21.1 Å². The van der Waals surface area contributed by atoms with Crippen LogP contribution >= 0.6 is 39.3 Å². The molecule has 202 valence electrons. The Bertz CT molecular complexity index is 1470. The maximum absolute atomic E-state index is 13.0. The lowest BCUT2D eigenvalue weighted by Gasteiger charge is -2.16. The molecule has 0 aromatic heterocycles. The summed E-state index contributed by atoms with van der Waals surface area (Å²) in [7, 11) is 1.52. The molecule has 1 fully saturated rings. The summed E-state index contributed by atoms with van der Waals surface area (Å²) in [6.07, 6.45) is 1.59. The Morgan fingerprint density at radius 3 is 2.38 bits per heavy atom. The number of amides is 3. The van der Waals surface area contributed by atoms with Crippen molar-refractivity contribution < 1.29 is 23.9 Å². The molecule has 0 aliphatic carbocycles. The Hall–Kier alpha value is -3.27. The summed E-state index contributed by atoms with van der Waals surface area (Å²) in [5, 5.41) is 2.97. The second kappa shape index (κ2) is 12.3. The summed E-state index contributed by atoms with van der Waals surface area (Å²) in [6.45, 7) is 5.71. The van der Waals surface area contributed by atoms with Crippen molar-refractivity contribution in [1.82, 2.24) is 4.90 Å². The van der Waals surface area contributed by atoms with E-state index in [2.05, 4.69) is 21.2 Å². The van der Waals surface area contributed by atoms with Gasteiger partial charge in [0, 0.05) is 10.7 Å². The Kier molecular flexibility index (Phi) is 9.04. The van der Waals surface area contributed by atoms with Crippen LogP contribution in [-0.2, 0) is 16.2 Å². The van der Waals surface area contributed by atoms with Gasteiger partial charge in [0.15, 0.2) is 11.5 Å². The van der Waals surface area contributed by atoms with Crippen molar-refractivity contribution in [2.45, 2.75) is 27.4 Å². The highest BCUT2D eigenvalue weighted by atomic mass is 79.9. The van der Waals surface area contributed by atoms with Gasteiger partial charge in [-0.3, -0.25) is 19.3 Å². The van der Waals surface area contributed by atoms with Crippen molar-refractivity contribution in [1.29, 1.82) is 0 Å². The van der Waals surface area contributed by atoms with Crippen LogP contribution in [0.5, 0.6) is 11.5 Å². The number of aryl methyl sites for hydroxylation is 3. The largest absolute Gasteiger partial charge is 0.493 e. The number of halogens is 2. The molecule has 3 aromatic carbocycles. The predicted molar refractivity (Wildman–Crippen MR) is 158 cm³/mol. The molecular weight excluding hydrogens is 604 g/mol. The fraction of sp³-hybridized carbons (Fsp3) is 0.207. The zero-order chi connectivity index (χ0) is 28.3. The number of methoxy groups -OCH3 is 1. The predicted octanol–water partition coefficient (Wildman–Crippen LogP) is 7.29. The van der Waals surface area contributed by atoms with Gasteiger partial charge in [-0.1, -0.05) is 41.4 Å². The summed E-state index contributed by atoms with van der Waals surface area (Å²) < 4.78 is 12.1. The first-order chi connectivity index (χ1) is 18.5. The van der Waals surface area contributed by atoms with Crippen molar-refractivity contribution in [3.63, 3.8) is 0 Å². The van der Waals surface area contributed by atoms with Gasteiger partial charge in [-0.15, -0.1) is 0 Å². The van der Waals surface area contributed by atoms with Crippen molar-refractivity contribution in [3.05, 3.63) is 90.7 Å². The minimum atomic E-state index is -0.532. The number of benzene rings is 3. The van der Waals surface area contributed by atoms with E-state index in [9.17, 15) is 14.4 Å². The van der Waals surface area contributed by atoms with Crippen molar-refractivity contribution in [2.24, 2.45) is 0 Å². The molecular formula is C29H26BrClN2O5S. The van der Waals surface area contributed by atoms with E-state index in [0.717, 1.165) is 38.9 Å². The first-order valence-corrected chi connectivity index (χ1v) is 13.9. The molecule has 39 heavy (non-hydrogen) atoms. The Morgan fingerprint density at radius 2 is 1.74 bits per heavy atom. The maximum atomic E-state index is 13.0. The smallest absolute Gasteiger partial charge is 0.294 e. The molecule has 1 heterocycles. The monoisotopic (exact) mass is 628 g/mol. The molecule has 3 amide bonds. The lowest BCUT2D eigenvalue weighted by atomic mass is 10.1. The maximum Gasteiger partial charge on any atom is 0.294 e. The van der Waals surface area contributed by atoms with Gasteiger partial charge >= 0.3 is 0 Å². The summed E-state index contributed by atoms with van der Waals surface area (Å²) in [5.74, 6) is -0.0287. The second-order valence-corrected chi connectivity index (χ2v) is 11.3. The Labute approximate surface area is 244 Å². The van der Waals surface area contributed by atoms with Gasteiger partial charge in [0.1, 0.15) is 13.2 Å². The highest BCUT2D eigenvalue weighted by molar-refractivity contribution is 9.10. The van der Waals surface area contributed by atoms with Crippen LogP contribution in [0.3, 0.4) is 0 Å². The van der Waals surface area contributed by atoms with Crippen LogP contribution in [0.25, 0.3) is 6.08 Å². The summed E-state index contributed by atoms with van der Waals surface area (Å²) in [5.41, 5.74) is 5.15. The highest BCUT2D eigenvalue weighted by Crippen LogP contribution is 2.39. The zero-order valence-electron chi connectivity index (χ0n) is 21.8. The molecule has 1 saturated heterocycles. The SMILES string of the molecule is COc1cc(/C=C2/SC(=O)N(CC(=O)Nc3c(C)cc(C)cc3C)C2=O)cc(Br)c1OCc1ccc(Cl)cc1. The van der Waals surface area contributed by atoms with E-state index < -0.39 is 17.1 Å². The number of hydrogen-bond acceptors (Lipinski definition) is 6. The van der Waals surface area contributed by atoms with Gasteiger partial charge in [0.05, 0.1) is 16.5 Å². The summed E-state index contributed by atoms with van der Waals surface area (Å²) >= 11 is 10.2. The minimum absolute atomic E-state index is 0.208. The molecule has 0 atom stereocenters. The van der Waals surface area contributed by atoms with E-state index in [0.29, 0.717) is 38.9 Å². The van der Waals surface area contributed by atoms with Crippen molar-refractivity contribution in [2.75, 3.05) is 19.0 Å². The minimum Gasteiger partial charge on any atom is -0.493 e. The van der Waals surface area contributed by atoms with Crippen LogP contribution < -0.4 is 14.8 Å². The molecule has 0 spiro atoms. The summed E-state index contributed by atoms with van der Waals surface area (Å²) in [6, 6.07) is 14.7. The number of rotatable bonds is 8. The van der Waals surface area contributed by atoms with E-state index in [1.807, 2.05) is 45.0 Å². The van der Waals surface area contributed by atoms with Gasteiger partial charge in [0.25, 0.3) is 11.1 Å². The number of carbonyl (C=O) groups excluding carboxylic acids is 3. The molecule has 4 rings (SSSR count). The average molecular weight is 630 g/mol. The van der Waals surface area contributed by atoms with Crippen LogP contribution in [0, 0.1) is 20.8 Å². The Balaban J connectivity index is 1.47. The fourth-order valence-electron chi connectivity index (χ4n) is 4.19. The number of nitrogens with zero attached hydrogens (tertiary/aromatic N) is 1. The van der Waals surface area contributed by atoms with Crippen LogP contribution in [0.1, 0.15) is 27.8 Å². The van der Waals surface area contributed by atoms with Gasteiger partial charge in [0.2, 0.25) is 5.91 Å². The van der Waals surface area contributed by atoms with Crippen LogP contribution in [0.15, 0.2) is 57.9 Å². The summed E-state index contributed by atoms with van der Waals surface area (Å²) in [4.78, 5) is 39.5. The molecule has 0 saturated carbocycles. The third kappa shape index (κ3) is 6.84. The molecule has 1 aliphatic rings. The zero-order valence-corrected chi connectivity index (χ0v) is 24.9. The Morgan fingerprint density at radius 1 is 1.08 bits per heavy atom. The third-order valence-corrected chi connectivity index (χ3v) is 7.71. The lowest BCUT2D eigenvalue weighted by Crippen LogP contribution is -2.36. The number of thioether (sulfide) groups is 1. The molecule has 0 unspecified atom stereocenters. The van der Waals surface area contributed by atoms with Gasteiger partial charge < -0.3 is 14.8 Å². The molecule has 10 heteroatoms. The molecule has 3 aromatic rings. The van der Waals surface area contributed by atoms with E-state index in [-0.39, 0.29) is 11.4 Å². The van der Waals surface area contributed by atoms with Crippen LogP contribution in [0.2, 0.25) is 5.02 Å². The molecule has 0 radical (unpaired) electrons. The number of imide groups is 1. The third-order valence-electron chi connectivity index (χ3n) is 5.96. The topological polar surface area (TPSA) is 84.9 Å². The molecule has 7 nitrogen and oxygen atoms in total. The second-order valence-electron chi connectivity index (χ2n) is 9.04. The lowest BCUT2D eigenvalue weighted by molar-refractivity contribution is -0.127. The van der Waals surface area contributed by atoms with Gasteiger partial charge in [-0.25, -0.2) is 0 Å². The van der Waals surface area contributed by atoms with Gasteiger partial charge in [-0.05, 0) is 101 Å². The van der Waals surface area contributed by atoms with Crippen molar-refractivity contribution in [3.8, 4) is 11.5 Å². The number of nitrogens with one attached hydrogen (secondary N) is 1. The highest BCUT2D eigenvalue weighted by Gasteiger charge is 2.36. The number of hydrogen-bond donors (Lipinski definition) is 1. The fourth-order valence-corrected chi connectivity index (χ4v) is 5.73. The van der Waals surface area contributed by atoms with Crippen LogP contribution in [-0.4, -0.2) is 35.6 Å². The number of ether oxygens (including phenoxy) is 2. The van der Waals surface area contributed by atoms with Gasteiger partial charge in [-0.2, -0.15) is 0 Å². The first-order valence-electron chi connectivity index (χ1n) is 11.9. The molecule has 1 aliphatic heterocycles. The van der Waals surface area contributed by atoms with E-state index in [1.54, 1.807) is 30.3 Å². The van der Waals surface area contributed by atoms with Crippen LogP contribution in [0.4, 0.5) is 10.5 Å². The van der Waals surface area contributed by atoms with E-state index >= 15 is 0 Å². The number of carbonyl (C=O) groups is 3.